The summed E-state index contributed by atoms with van der Waals surface area (Å²) in [5, 5.41) is 3.96. The van der Waals surface area contributed by atoms with E-state index in [1.165, 1.54) is 0 Å². The van der Waals surface area contributed by atoms with Crippen LogP contribution < -0.4 is 5.32 Å². The van der Waals surface area contributed by atoms with Crippen LogP contribution in [0.4, 0.5) is 11.6 Å². The van der Waals surface area contributed by atoms with Crippen molar-refractivity contribution in [1.82, 2.24) is 14.9 Å². The van der Waals surface area contributed by atoms with Gasteiger partial charge in [0.15, 0.2) is 0 Å². The highest BCUT2D eigenvalue weighted by Gasteiger charge is 2.43. The van der Waals surface area contributed by atoms with Crippen molar-refractivity contribution >= 4 is 29.1 Å². The van der Waals surface area contributed by atoms with Gasteiger partial charge in [0.05, 0.1) is 12.7 Å². The Morgan fingerprint density at radius 2 is 1.88 bits per heavy atom. The van der Waals surface area contributed by atoms with Crippen molar-refractivity contribution in [3.8, 4) is 0 Å². The zero-order valence-corrected chi connectivity index (χ0v) is 19.2. The highest BCUT2D eigenvalue weighted by Crippen LogP contribution is 2.43. The molecule has 0 bridgehead atoms. The van der Waals surface area contributed by atoms with Crippen LogP contribution in [0.25, 0.3) is 0 Å². The Hall–Kier alpha value is -2.96. The van der Waals surface area contributed by atoms with Gasteiger partial charge in [-0.15, -0.1) is 0 Å². The smallest absolute Gasteiger partial charge is 0.253 e. The van der Waals surface area contributed by atoms with Crippen LogP contribution in [-0.4, -0.2) is 46.6 Å². The number of benzene rings is 2. The Balaban J connectivity index is 1.18. The molecule has 1 N–H and O–H groups in total. The first-order valence-corrected chi connectivity index (χ1v) is 11.8. The molecule has 2 fully saturated rings. The van der Waals surface area contributed by atoms with Crippen LogP contribution >= 0.6 is 11.6 Å². The summed E-state index contributed by atoms with van der Waals surface area (Å²) < 4.78 is 6.18. The Bertz CT molecular complexity index is 1120. The van der Waals surface area contributed by atoms with Crippen molar-refractivity contribution in [3.63, 3.8) is 0 Å². The minimum atomic E-state index is 0.0639. The van der Waals surface area contributed by atoms with E-state index < -0.39 is 0 Å². The predicted molar refractivity (Wildman–Crippen MR) is 129 cm³/mol. The number of ether oxygens (including phenoxy) is 1. The molecule has 1 amide bonds. The molecule has 1 spiro atoms. The lowest BCUT2D eigenvalue weighted by Crippen LogP contribution is -2.43. The summed E-state index contributed by atoms with van der Waals surface area (Å²) in [6, 6.07) is 17.3. The first-order valence-electron chi connectivity index (χ1n) is 11.4. The number of nitrogens with one attached hydrogen (secondary N) is 1. The van der Waals surface area contributed by atoms with Gasteiger partial charge in [-0.3, -0.25) is 4.79 Å². The molecule has 1 unspecified atom stereocenters. The molecule has 6 nitrogen and oxygen atoms in total. The van der Waals surface area contributed by atoms with Crippen LogP contribution in [0, 0.1) is 5.41 Å². The van der Waals surface area contributed by atoms with Crippen molar-refractivity contribution in [2.24, 2.45) is 5.41 Å². The lowest BCUT2D eigenvalue weighted by atomic mass is 9.76. The molecule has 1 atom stereocenters. The maximum atomic E-state index is 13.2. The highest BCUT2D eigenvalue weighted by atomic mass is 35.5. The van der Waals surface area contributed by atoms with E-state index in [4.69, 9.17) is 16.3 Å². The summed E-state index contributed by atoms with van der Waals surface area (Å²) in [5.41, 5.74) is 2.78. The van der Waals surface area contributed by atoms with Crippen LogP contribution in [0.3, 0.4) is 0 Å². The zero-order chi connectivity index (χ0) is 22.7. The number of hydrogen-bond acceptors (Lipinski definition) is 5. The molecule has 2 aromatic carbocycles. The first-order chi connectivity index (χ1) is 16.1. The molecule has 5 rings (SSSR count). The maximum absolute atomic E-state index is 13.2. The Labute approximate surface area is 199 Å². The van der Waals surface area contributed by atoms with E-state index in [1.807, 2.05) is 47.4 Å². The Morgan fingerprint density at radius 1 is 1.09 bits per heavy atom. The van der Waals surface area contributed by atoms with E-state index in [9.17, 15) is 4.79 Å². The fraction of sp³-hybridized carbons (Fsp3) is 0.346. The molecule has 2 saturated heterocycles. The average molecular weight is 463 g/mol. The molecular weight excluding hydrogens is 436 g/mol. The number of carbonyl (C=O) groups is 1. The summed E-state index contributed by atoms with van der Waals surface area (Å²) in [7, 11) is 0. The van der Waals surface area contributed by atoms with Crippen LogP contribution in [0.5, 0.6) is 0 Å². The number of hydrogen-bond donors (Lipinski definition) is 1. The van der Waals surface area contributed by atoms with Gasteiger partial charge in [0.1, 0.15) is 0 Å². The normalized spacial score (nSPS) is 19.5. The second-order valence-corrected chi connectivity index (χ2v) is 9.41. The Morgan fingerprint density at radius 3 is 2.67 bits per heavy atom. The molecule has 3 aromatic rings. The van der Waals surface area contributed by atoms with E-state index in [0.717, 1.165) is 61.7 Å². The van der Waals surface area contributed by atoms with Gasteiger partial charge in [-0.25, -0.2) is 9.97 Å². The lowest BCUT2D eigenvalue weighted by Gasteiger charge is -2.38. The summed E-state index contributed by atoms with van der Waals surface area (Å²) in [6.45, 7) is 2.27. The highest BCUT2D eigenvalue weighted by molar-refractivity contribution is 6.31. The Kier molecular flexibility index (Phi) is 6.29. The van der Waals surface area contributed by atoms with Crippen molar-refractivity contribution in [3.05, 3.63) is 83.1 Å². The van der Waals surface area contributed by atoms with E-state index in [2.05, 4.69) is 21.4 Å². The monoisotopic (exact) mass is 462 g/mol. The van der Waals surface area contributed by atoms with E-state index >= 15 is 0 Å². The van der Waals surface area contributed by atoms with Gasteiger partial charge < -0.3 is 15.0 Å². The number of carbonyl (C=O) groups excluding carboxylic acids is 1. The molecular formula is C26H27ClN4O2. The third kappa shape index (κ3) is 5.02. The van der Waals surface area contributed by atoms with Gasteiger partial charge >= 0.3 is 0 Å². The number of aromatic nitrogens is 2. The largest absolute Gasteiger partial charge is 0.377 e. The molecule has 1 aromatic heterocycles. The van der Waals surface area contributed by atoms with Gasteiger partial charge in [0, 0.05) is 48.2 Å². The zero-order valence-electron chi connectivity index (χ0n) is 18.4. The van der Waals surface area contributed by atoms with Gasteiger partial charge in [-0.1, -0.05) is 35.9 Å². The second-order valence-electron chi connectivity index (χ2n) is 9.00. The van der Waals surface area contributed by atoms with Crippen molar-refractivity contribution in [2.75, 3.05) is 25.0 Å². The van der Waals surface area contributed by atoms with Crippen molar-refractivity contribution < 1.29 is 9.53 Å². The fourth-order valence-electron chi connectivity index (χ4n) is 4.87. The molecule has 3 heterocycles. The van der Waals surface area contributed by atoms with Crippen LogP contribution in [0.1, 0.15) is 35.2 Å². The minimum absolute atomic E-state index is 0.0639. The SMILES string of the molecule is O=C(c1cccc(Nc2ncccn2)c1)N1CCC2(CC1)COC(Cc1ccccc1Cl)C2. The van der Waals surface area contributed by atoms with Gasteiger partial charge in [-0.05, 0) is 60.6 Å². The molecule has 2 aliphatic rings. The minimum Gasteiger partial charge on any atom is -0.377 e. The molecule has 0 radical (unpaired) electrons. The third-order valence-corrected chi connectivity index (χ3v) is 7.10. The van der Waals surface area contributed by atoms with Gasteiger partial charge in [0.25, 0.3) is 5.91 Å². The first kappa shape index (κ1) is 21.9. The number of nitrogens with zero attached hydrogens (tertiary/aromatic N) is 3. The summed E-state index contributed by atoms with van der Waals surface area (Å²) in [4.78, 5) is 23.5. The fourth-order valence-corrected chi connectivity index (χ4v) is 5.09. The molecule has 7 heteroatoms. The molecule has 0 aliphatic carbocycles. The third-order valence-electron chi connectivity index (χ3n) is 6.73. The topological polar surface area (TPSA) is 67.4 Å². The number of likely N-dealkylation sites (tertiary alicyclic amines) is 1. The summed E-state index contributed by atoms with van der Waals surface area (Å²) in [5.74, 6) is 0.573. The molecule has 2 aliphatic heterocycles. The quantitative estimate of drug-likeness (QED) is 0.569. The number of rotatable bonds is 5. The lowest BCUT2D eigenvalue weighted by molar-refractivity contribution is 0.0496. The molecule has 0 saturated carbocycles. The van der Waals surface area contributed by atoms with Gasteiger partial charge in [-0.2, -0.15) is 0 Å². The van der Waals surface area contributed by atoms with Crippen molar-refractivity contribution in [2.45, 2.75) is 31.8 Å². The van der Waals surface area contributed by atoms with E-state index in [1.54, 1.807) is 18.5 Å². The summed E-state index contributed by atoms with van der Waals surface area (Å²) >= 11 is 6.34. The van der Waals surface area contributed by atoms with Crippen LogP contribution in [0.2, 0.25) is 5.02 Å². The molecule has 33 heavy (non-hydrogen) atoms. The van der Waals surface area contributed by atoms with Crippen LogP contribution in [-0.2, 0) is 11.2 Å². The standard InChI is InChI=1S/C26H27ClN4O2/c27-23-8-2-1-5-19(23)16-22-17-26(18-33-22)9-13-31(14-10-26)24(32)20-6-3-7-21(15-20)30-25-28-11-4-12-29-25/h1-8,11-12,15,22H,9-10,13-14,16-18H2,(H,28,29,30). The number of halogens is 1. The molecule has 170 valence electrons. The van der Waals surface area contributed by atoms with Crippen LogP contribution in [0.15, 0.2) is 67.0 Å². The maximum Gasteiger partial charge on any atom is 0.253 e. The average Bonchev–Trinajstić information content (AvgIpc) is 3.23. The predicted octanol–water partition coefficient (Wildman–Crippen LogP) is 5.13. The number of amides is 1. The van der Waals surface area contributed by atoms with E-state index in [-0.39, 0.29) is 17.4 Å². The summed E-state index contributed by atoms with van der Waals surface area (Å²) in [6.07, 6.45) is 7.35. The second kappa shape index (κ2) is 9.49. The van der Waals surface area contributed by atoms with Crippen molar-refractivity contribution in [1.29, 1.82) is 0 Å². The number of piperidine rings is 1. The number of anilines is 2. The van der Waals surface area contributed by atoms with Gasteiger partial charge in [0.2, 0.25) is 5.95 Å². The van der Waals surface area contributed by atoms with E-state index in [0.29, 0.717) is 11.5 Å².